The van der Waals surface area contributed by atoms with Gasteiger partial charge < -0.3 is 10.6 Å². The lowest BCUT2D eigenvalue weighted by molar-refractivity contribution is -0.115. The van der Waals surface area contributed by atoms with Gasteiger partial charge in [-0.1, -0.05) is 24.3 Å². The van der Waals surface area contributed by atoms with Crippen molar-refractivity contribution in [2.45, 2.75) is 6.42 Å². The second-order valence-corrected chi connectivity index (χ2v) is 6.30. The van der Waals surface area contributed by atoms with Gasteiger partial charge in [0.1, 0.15) is 5.69 Å². The highest BCUT2D eigenvalue weighted by Gasteiger charge is 2.20. The number of fused-ring (bicyclic) bond motifs is 1. The normalized spacial score (nSPS) is 12.4. The highest BCUT2D eigenvalue weighted by Crippen LogP contribution is 2.25. The average Bonchev–Trinajstić information content (AvgIpc) is 3.25. The first kappa shape index (κ1) is 16.7. The Morgan fingerprint density at radius 2 is 1.93 bits per heavy atom. The summed E-state index contributed by atoms with van der Waals surface area (Å²) in [6, 6.07) is 13.5. The number of benzene rings is 2. The van der Waals surface area contributed by atoms with Crippen LogP contribution in [0.1, 0.15) is 32.0 Å². The molecule has 1 aliphatic rings. The number of nitrogens with one attached hydrogen (secondary N) is 2. The molecule has 0 radical (unpaired) electrons. The first-order valence-electron chi connectivity index (χ1n) is 8.38. The molecular weight excluding hydrogens is 344 g/mol. The molecule has 2 heterocycles. The minimum Gasteiger partial charge on any atom is -0.326 e. The Hall–Kier alpha value is -3.74. The van der Waals surface area contributed by atoms with E-state index in [-0.39, 0.29) is 17.6 Å². The Bertz CT molecular complexity index is 1080. The minimum absolute atomic E-state index is 0.0746. The molecule has 0 spiro atoms. The molecule has 2 amide bonds. The van der Waals surface area contributed by atoms with E-state index in [0.717, 1.165) is 5.56 Å². The van der Waals surface area contributed by atoms with Gasteiger partial charge in [0.25, 0.3) is 5.91 Å². The molecule has 0 fully saturated rings. The molecule has 2 aromatic carbocycles. The lowest BCUT2D eigenvalue weighted by Crippen LogP contribution is -2.16. The van der Waals surface area contributed by atoms with E-state index in [1.54, 1.807) is 61.8 Å². The number of hydrogen-bond donors (Lipinski definition) is 2. The van der Waals surface area contributed by atoms with Gasteiger partial charge in [-0.15, -0.1) is 0 Å². The van der Waals surface area contributed by atoms with E-state index >= 15 is 0 Å². The molecule has 0 aliphatic carbocycles. The van der Waals surface area contributed by atoms with Crippen molar-refractivity contribution in [1.82, 2.24) is 9.78 Å². The number of amides is 2. The summed E-state index contributed by atoms with van der Waals surface area (Å²) in [5, 5.41) is 9.49. The summed E-state index contributed by atoms with van der Waals surface area (Å²) >= 11 is 0. The van der Waals surface area contributed by atoms with Crippen LogP contribution in [0.3, 0.4) is 0 Å². The van der Waals surface area contributed by atoms with Crippen LogP contribution in [0.15, 0.2) is 54.7 Å². The topological polar surface area (TPSA) is 93.1 Å². The predicted molar refractivity (Wildman–Crippen MR) is 99.8 cm³/mol. The number of aryl methyl sites for hydroxylation is 1. The Balaban J connectivity index is 1.56. The van der Waals surface area contributed by atoms with Gasteiger partial charge in [0.05, 0.1) is 6.42 Å². The number of aromatic nitrogens is 2. The third-order valence-electron chi connectivity index (χ3n) is 4.43. The molecule has 134 valence electrons. The minimum atomic E-state index is -0.306. The van der Waals surface area contributed by atoms with E-state index in [9.17, 15) is 14.4 Å². The lowest BCUT2D eigenvalue weighted by Gasteiger charge is -2.08. The van der Waals surface area contributed by atoms with Crippen molar-refractivity contribution in [3.05, 3.63) is 77.1 Å². The van der Waals surface area contributed by atoms with E-state index in [2.05, 4.69) is 15.7 Å². The predicted octanol–water partition coefficient (Wildman–Crippen LogP) is 2.40. The molecule has 2 N–H and O–H groups in total. The first-order valence-corrected chi connectivity index (χ1v) is 8.38. The molecule has 1 aromatic heterocycles. The van der Waals surface area contributed by atoms with E-state index < -0.39 is 0 Å². The zero-order chi connectivity index (χ0) is 19.0. The number of hydrogen-bond acceptors (Lipinski definition) is 4. The van der Waals surface area contributed by atoms with Crippen LogP contribution in [-0.2, 0) is 18.3 Å². The Kier molecular flexibility index (Phi) is 4.04. The van der Waals surface area contributed by atoms with Crippen molar-refractivity contribution >= 4 is 29.0 Å². The van der Waals surface area contributed by atoms with Crippen LogP contribution in [0.5, 0.6) is 0 Å². The Morgan fingerprint density at radius 1 is 1.11 bits per heavy atom. The third kappa shape index (κ3) is 3.22. The largest absolute Gasteiger partial charge is 0.326 e. The van der Waals surface area contributed by atoms with Gasteiger partial charge in [-0.05, 0) is 29.8 Å². The highest BCUT2D eigenvalue weighted by atomic mass is 16.2. The summed E-state index contributed by atoms with van der Waals surface area (Å²) < 4.78 is 1.48. The van der Waals surface area contributed by atoms with Crippen LogP contribution in [0.4, 0.5) is 11.4 Å². The lowest BCUT2D eigenvalue weighted by atomic mass is 10.0. The fraction of sp³-hybridized carbons (Fsp3) is 0.100. The number of ketones is 1. The maximum atomic E-state index is 12.8. The molecule has 0 saturated heterocycles. The van der Waals surface area contributed by atoms with Crippen molar-refractivity contribution in [3.8, 4) is 0 Å². The van der Waals surface area contributed by atoms with Crippen molar-refractivity contribution in [1.29, 1.82) is 0 Å². The molecule has 3 aromatic rings. The molecule has 0 bridgehead atoms. The van der Waals surface area contributed by atoms with E-state index in [0.29, 0.717) is 34.6 Å². The molecule has 7 nitrogen and oxygen atoms in total. The fourth-order valence-corrected chi connectivity index (χ4v) is 3.05. The molecular formula is C20H16N4O3. The standard InChI is InChI=1S/C20H16N4O3/c1-24-17(7-8-21-24)20(27)22-15-4-2-3-13(9-15)19(26)14-6-5-12-11-18(25)23-16(12)10-14/h2-10H,11H2,1H3,(H,22,27)(H,23,25). The van der Waals surface area contributed by atoms with E-state index in [4.69, 9.17) is 0 Å². The van der Waals surface area contributed by atoms with E-state index in [1.807, 2.05) is 0 Å². The van der Waals surface area contributed by atoms with Crippen LogP contribution in [-0.4, -0.2) is 27.4 Å². The van der Waals surface area contributed by atoms with Crippen molar-refractivity contribution in [2.75, 3.05) is 10.6 Å². The highest BCUT2D eigenvalue weighted by molar-refractivity contribution is 6.11. The molecule has 27 heavy (non-hydrogen) atoms. The average molecular weight is 360 g/mol. The number of carbonyl (C=O) groups excluding carboxylic acids is 3. The Labute approximate surface area is 155 Å². The van der Waals surface area contributed by atoms with Crippen LogP contribution >= 0.6 is 0 Å². The smallest absolute Gasteiger partial charge is 0.273 e. The van der Waals surface area contributed by atoms with Gasteiger partial charge in [-0.2, -0.15) is 5.10 Å². The van der Waals surface area contributed by atoms with Gasteiger partial charge in [0.2, 0.25) is 5.91 Å². The monoisotopic (exact) mass is 360 g/mol. The summed E-state index contributed by atoms with van der Waals surface area (Å²) in [7, 11) is 1.68. The van der Waals surface area contributed by atoms with E-state index in [1.165, 1.54) is 4.68 Å². The first-order chi connectivity index (χ1) is 13.0. The SMILES string of the molecule is Cn1nccc1C(=O)Nc1cccc(C(=O)c2ccc3c(c2)NC(=O)C3)c1. The van der Waals surface area contributed by atoms with Crippen LogP contribution < -0.4 is 10.6 Å². The summed E-state index contributed by atoms with van der Waals surface area (Å²) in [6.07, 6.45) is 1.88. The summed E-state index contributed by atoms with van der Waals surface area (Å²) in [4.78, 5) is 36.6. The number of carbonyl (C=O) groups is 3. The maximum Gasteiger partial charge on any atom is 0.273 e. The summed E-state index contributed by atoms with van der Waals surface area (Å²) in [5.74, 6) is -0.565. The van der Waals surface area contributed by atoms with Gasteiger partial charge in [-0.3, -0.25) is 19.1 Å². The zero-order valence-electron chi connectivity index (χ0n) is 14.5. The van der Waals surface area contributed by atoms with Crippen molar-refractivity contribution in [3.63, 3.8) is 0 Å². The molecule has 0 unspecified atom stereocenters. The van der Waals surface area contributed by atoms with Crippen LogP contribution in [0.2, 0.25) is 0 Å². The summed E-state index contributed by atoms with van der Waals surface area (Å²) in [6.45, 7) is 0. The fourth-order valence-electron chi connectivity index (χ4n) is 3.05. The number of nitrogens with zero attached hydrogens (tertiary/aromatic N) is 2. The van der Waals surface area contributed by atoms with Crippen molar-refractivity contribution in [2.24, 2.45) is 7.05 Å². The molecule has 7 heteroatoms. The summed E-state index contributed by atoms with van der Waals surface area (Å²) in [5.41, 5.74) is 3.41. The maximum absolute atomic E-state index is 12.8. The molecule has 0 atom stereocenters. The number of rotatable bonds is 4. The van der Waals surface area contributed by atoms with Gasteiger partial charge in [-0.25, -0.2) is 0 Å². The molecule has 0 saturated carbocycles. The van der Waals surface area contributed by atoms with Gasteiger partial charge in [0, 0.05) is 35.7 Å². The van der Waals surface area contributed by atoms with Gasteiger partial charge in [0.15, 0.2) is 5.78 Å². The Morgan fingerprint density at radius 3 is 2.70 bits per heavy atom. The molecule has 1 aliphatic heterocycles. The van der Waals surface area contributed by atoms with Gasteiger partial charge >= 0.3 is 0 Å². The molecule has 4 rings (SSSR count). The van der Waals surface area contributed by atoms with Crippen LogP contribution in [0.25, 0.3) is 0 Å². The van der Waals surface area contributed by atoms with Crippen LogP contribution in [0, 0.1) is 0 Å². The number of anilines is 2. The quantitative estimate of drug-likeness (QED) is 0.699. The third-order valence-corrected chi connectivity index (χ3v) is 4.43. The second kappa shape index (κ2) is 6.53. The van der Waals surface area contributed by atoms with Crippen molar-refractivity contribution < 1.29 is 14.4 Å². The second-order valence-electron chi connectivity index (χ2n) is 6.30. The zero-order valence-corrected chi connectivity index (χ0v) is 14.5.